The van der Waals surface area contributed by atoms with Crippen LogP contribution in [0.4, 0.5) is 13.2 Å². The summed E-state index contributed by atoms with van der Waals surface area (Å²) in [5, 5.41) is 2.59. The number of carbonyl (C=O) groups is 1. The van der Waals surface area contributed by atoms with Crippen molar-refractivity contribution < 1.29 is 26.4 Å². The number of halogens is 3. The van der Waals surface area contributed by atoms with Gasteiger partial charge in [0.15, 0.2) is 0 Å². The first kappa shape index (κ1) is 23.2. The minimum Gasteiger partial charge on any atom is -0.355 e. The third-order valence-electron chi connectivity index (χ3n) is 3.84. The van der Waals surface area contributed by atoms with E-state index in [1.807, 2.05) is 35.1 Å². The number of rotatable bonds is 9. The fourth-order valence-electron chi connectivity index (χ4n) is 2.43. The van der Waals surface area contributed by atoms with Gasteiger partial charge in [-0.3, -0.25) is 4.79 Å². The first-order valence-corrected chi connectivity index (χ1v) is 11.2. The molecule has 0 fully saturated rings. The lowest BCUT2D eigenvalue weighted by molar-refractivity contribution is -0.139. The molecule has 0 radical (unpaired) electrons. The predicted octanol–water partition coefficient (Wildman–Crippen LogP) is 3.67. The molecule has 0 aliphatic carbocycles. The Labute approximate surface area is 172 Å². The second-order valence-electron chi connectivity index (χ2n) is 6.14. The maximum absolute atomic E-state index is 13.1. The standard InChI is InChI=1S/C19H21F3N2O3S2/c1-14(18(25)23-12-7-13-28-15-8-3-2-4-9-15)24-29(26,27)17-11-6-5-10-16(17)19(20,21)22/h2-6,8-11,14,24H,7,12-13H2,1H3,(H,23,25). The highest BCUT2D eigenvalue weighted by Gasteiger charge is 2.37. The molecule has 2 rings (SSSR count). The Hall–Kier alpha value is -2.04. The summed E-state index contributed by atoms with van der Waals surface area (Å²) in [7, 11) is -4.52. The van der Waals surface area contributed by atoms with Gasteiger partial charge in [0.1, 0.15) is 0 Å². The van der Waals surface area contributed by atoms with E-state index < -0.39 is 38.6 Å². The highest BCUT2D eigenvalue weighted by atomic mass is 32.2. The molecule has 0 bridgehead atoms. The van der Waals surface area contributed by atoms with E-state index in [0.717, 1.165) is 22.8 Å². The van der Waals surface area contributed by atoms with Gasteiger partial charge in [0, 0.05) is 11.4 Å². The zero-order valence-corrected chi connectivity index (χ0v) is 17.2. The normalized spacial score (nSPS) is 13.1. The summed E-state index contributed by atoms with van der Waals surface area (Å²) in [5.41, 5.74) is -1.28. The van der Waals surface area contributed by atoms with Crippen LogP contribution in [-0.4, -0.2) is 32.7 Å². The number of nitrogens with one attached hydrogen (secondary N) is 2. The van der Waals surface area contributed by atoms with Gasteiger partial charge in [-0.25, -0.2) is 8.42 Å². The first-order chi connectivity index (χ1) is 13.6. The number of benzene rings is 2. The summed E-state index contributed by atoms with van der Waals surface area (Å²) in [6, 6.07) is 12.3. The molecule has 1 amide bonds. The van der Waals surface area contributed by atoms with Crippen molar-refractivity contribution in [3.8, 4) is 0 Å². The molecule has 1 unspecified atom stereocenters. The second-order valence-corrected chi connectivity index (χ2v) is 8.99. The fraction of sp³-hybridized carbons (Fsp3) is 0.316. The number of hydrogen-bond donors (Lipinski definition) is 2. The zero-order chi connectivity index (χ0) is 21.5. The van der Waals surface area contributed by atoms with Crippen LogP contribution in [0.25, 0.3) is 0 Å². The van der Waals surface area contributed by atoms with Gasteiger partial charge in [-0.1, -0.05) is 30.3 Å². The molecule has 158 valence electrons. The van der Waals surface area contributed by atoms with Gasteiger partial charge in [-0.15, -0.1) is 11.8 Å². The van der Waals surface area contributed by atoms with E-state index in [9.17, 15) is 26.4 Å². The number of alkyl halides is 3. The van der Waals surface area contributed by atoms with Crippen LogP contribution in [0.2, 0.25) is 0 Å². The lowest BCUT2D eigenvalue weighted by Crippen LogP contribution is -2.45. The van der Waals surface area contributed by atoms with Crippen LogP contribution in [0.3, 0.4) is 0 Å². The summed E-state index contributed by atoms with van der Waals surface area (Å²) in [4.78, 5) is 12.3. The minimum atomic E-state index is -4.83. The van der Waals surface area contributed by atoms with Crippen molar-refractivity contribution in [1.82, 2.24) is 10.0 Å². The molecule has 0 aromatic heterocycles. The van der Waals surface area contributed by atoms with E-state index in [1.54, 1.807) is 11.8 Å². The third-order valence-corrected chi connectivity index (χ3v) is 6.54. The Balaban J connectivity index is 1.87. The molecule has 10 heteroatoms. The molecule has 0 saturated carbocycles. The Morgan fingerprint density at radius 2 is 1.69 bits per heavy atom. The lowest BCUT2D eigenvalue weighted by Gasteiger charge is -2.17. The molecule has 5 nitrogen and oxygen atoms in total. The lowest BCUT2D eigenvalue weighted by atomic mass is 10.2. The average Bonchev–Trinajstić information content (AvgIpc) is 2.67. The summed E-state index contributed by atoms with van der Waals surface area (Å²) in [6.07, 6.45) is -4.17. The molecule has 2 aromatic carbocycles. The van der Waals surface area contributed by atoms with Gasteiger partial charge < -0.3 is 5.32 Å². The predicted molar refractivity (Wildman–Crippen MR) is 106 cm³/mol. The Kier molecular flexibility index (Phi) is 8.12. The topological polar surface area (TPSA) is 75.3 Å². The summed E-state index contributed by atoms with van der Waals surface area (Å²) < 4.78 is 65.9. The largest absolute Gasteiger partial charge is 0.417 e. The van der Waals surface area contributed by atoms with Crippen LogP contribution in [0.15, 0.2) is 64.4 Å². The van der Waals surface area contributed by atoms with Crippen molar-refractivity contribution >= 4 is 27.7 Å². The molecule has 0 spiro atoms. The van der Waals surface area contributed by atoms with Crippen LogP contribution in [0.5, 0.6) is 0 Å². The van der Waals surface area contributed by atoms with Crippen molar-refractivity contribution in [2.75, 3.05) is 12.3 Å². The Bertz CT molecular complexity index is 920. The smallest absolute Gasteiger partial charge is 0.355 e. The molecule has 29 heavy (non-hydrogen) atoms. The molecule has 0 saturated heterocycles. The van der Waals surface area contributed by atoms with Crippen LogP contribution in [0, 0.1) is 0 Å². The van der Waals surface area contributed by atoms with E-state index in [1.165, 1.54) is 13.0 Å². The van der Waals surface area contributed by atoms with Crippen molar-refractivity contribution in [2.45, 2.75) is 35.4 Å². The maximum atomic E-state index is 13.1. The van der Waals surface area contributed by atoms with E-state index in [4.69, 9.17) is 0 Å². The monoisotopic (exact) mass is 446 g/mol. The van der Waals surface area contributed by atoms with E-state index in [2.05, 4.69) is 5.32 Å². The van der Waals surface area contributed by atoms with Crippen molar-refractivity contribution in [3.05, 3.63) is 60.2 Å². The number of thioether (sulfide) groups is 1. The average molecular weight is 447 g/mol. The third kappa shape index (κ3) is 7.06. The maximum Gasteiger partial charge on any atom is 0.417 e. The molecular weight excluding hydrogens is 425 g/mol. The van der Waals surface area contributed by atoms with Gasteiger partial charge in [0.05, 0.1) is 16.5 Å². The Morgan fingerprint density at radius 3 is 2.34 bits per heavy atom. The fourth-order valence-corrected chi connectivity index (χ4v) is 4.73. The van der Waals surface area contributed by atoms with Gasteiger partial charge in [-0.2, -0.15) is 17.9 Å². The molecule has 2 N–H and O–H groups in total. The number of sulfonamides is 1. The molecule has 0 heterocycles. The van der Waals surface area contributed by atoms with Crippen molar-refractivity contribution in [2.24, 2.45) is 0 Å². The summed E-state index contributed by atoms with van der Waals surface area (Å²) in [5.74, 6) is 0.145. The highest BCUT2D eigenvalue weighted by molar-refractivity contribution is 7.99. The molecule has 2 aromatic rings. The zero-order valence-electron chi connectivity index (χ0n) is 15.6. The molecular formula is C19H21F3N2O3S2. The van der Waals surface area contributed by atoms with E-state index in [-0.39, 0.29) is 0 Å². The van der Waals surface area contributed by atoms with E-state index in [0.29, 0.717) is 19.0 Å². The molecule has 0 aliphatic heterocycles. The number of carbonyl (C=O) groups excluding carboxylic acids is 1. The second kappa shape index (κ2) is 10.1. The van der Waals surface area contributed by atoms with Crippen molar-refractivity contribution in [3.63, 3.8) is 0 Å². The molecule has 1 atom stereocenters. The number of hydrogen-bond acceptors (Lipinski definition) is 4. The van der Waals surface area contributed by atoms with Gasteiger partial charge >= 0.3 is 6.18 Å². The Morgan fingerprint density at radius 1 is 1.07 bits per heavy atom. The van der Waals surface area contributed by atoms with Gasteiger partial charge in [-0.05, 0) is 43.4 Å². The quantitative estimate of drug-likeness (QED) is 0.455. The van der Waals surface area contributed by atoms with Crippen LogP contribution < -0.4 is 10.0 Å². The summed E-state index contributed by atoms with van der Waals surface area (Å²) in [6.45, 7) is 1.60. The van der Waals surface area contributed by atoms with Crippen LogP contribution >= 0.6 is 11.8 Å². The molecule has 0 aliphatic rings. The number of amides is 1. The minimum absolute atomic E-state index is 0.323. The highest BCUT2D eigenvalue weighted by Crippen LogP contribution is 2.33. The van der Waals surface area contributed by atoms with Gasteiger partial charge in [0.25, 0.3) is 0 Å². The van der Waals surface area contributed by atoms with Gasteiger partial charge in [0.2, 0.25) is 15.9 Å². The van der Waals surface area contributed by atoms with Crippen LogP contribution in [-0.2, 0) is 21.0 Å². The summed E-state index contributed by atoms with van der Waals surface area (Å²) >= 11 is 1.62. The van der Waals surface area contributed by atoms with E-state index >= 15 is 0 Å². The van der Waals surface area contributed by atoms with Crippen molar-refractivity contribution in [1.29, 1.82) is 0 Å². The first-order valence-electron chi connectivity index (χ1n) is 8.75. The SMILES string of the molecule is CC(NS(=O)(=O)c1ccccc1C(F)(F)F)C(=O)NCCCSc1ccccc1. The van der Waals surface area contributed by atoms with Crippen LogP contribution in [0.1, 0.15) is 18.9 Å².